The lowest BCUT2D eigenvalue weighted by Crippen LogP contribution is -2.10. The van der Waals surface area contributed by atoms with Gasteiger partial charge in [-0.05, 0) is 29.9 Å². The first-order chi connectivity index (χ1) is 6.70. The third kappa shape index (κ3) is 1.77. The van der Waals surface area contributed by atoms with E-state index in [0.29, 0.717) is 11.5 Å². The molecule has 1 aromatic rings. The fourth-order valence-corrected chi connectivity index (χ4v) is 1.68. The first kappa shape index (κ1) is 9.59. The molecule has 1 nitrogen and oxygen atoms in total. The van der Waals surface area contributed by atoms with Crippen molar-refractivity contribution in [1.82, 2.24) is 0 Å². The topological polar surface area (TPSA) is 20.2 Å². The van der Waals surface area contributed by atoms with Crippen molar-refractivity contribution in [2.75, 3.05) is 0 Å². The smallest absolute Gasteiger partial charge is 0.268 e. The van der Waals surface area contributed by atoms with E-state index in [-0.39, 0.29) is 0 Å². The van der Waals surface area contributed by atoms with E-state index >= 15 is 0 Å². The third-order valence-corrected chi connectivity index (χ3v) is 2.57. The average molecular weight is 198 g/mol. The van der Waals surface area contributed by atoms with E-state index < -0.39 is 12.5 Å². The Morgan fingerprint density at radius 2 is 1.86 bits per heavy atom. The fourth-order valence-electron chi connectivity index (χ4n) is 1.68. The van der Waals surface area contributed by atoms with Gasteiger partial charge in [-0.2, -0.15) is 0 Å². The number of rotatable bonds is 3. The van der Waals surface area contributed by atoms with Crippen LogP contribution in [0.2, 0.25) is 0 Å². The van der Waals surface area contributed by atoms with Crippen molar-refractivity contribution in [2.45, 2.75) is 31.3 Å². The molecule has 0 bridgehead atoms. The molecule has 1 atom stereocenters. The van der Waals surface area contributed by atoms with Crippen molar-refractivity contribution in [3.05, 3.63) is 35.4 Å². The monoisotopic (exact) mass is 198 g/mol. The van der Waals surface area contributed by atoms with Crippen LogP contribution in [0.1, 0.15) is 36.0 Å². The van der Waals surface area contributed by atoms with Crippen LogP contribution in [0.3, 0.4) is 0 Å². The predicted octanol–water partition coefficient (Wildman–Crippen LogP) is 2.86. The van der Waals surface area contributed by atoms with Gasteiger partial charge in [-0.3, -0.25) is 0 Å². The molecule has 2 rings (SSSR count). The van der Waals surface area contributed by atoms with Crippen LogP contribution in [-0.4, -0.2) is 11.5 Å². The van der Waals surface area contributed by atoms with Gasteiger partial charge in [0.05, 0.1) is 0 Å². The molecule has 76 valence electrons. The number of hydrogen-bond donors (Lipinski definition) is 1. The zero-order valence-electron chi connectivity index (χ0n) is 7.66. The molecule has 1 saturated carbocycles. The summed E-state index contributed by atoms with van der Waals surface area (Å²) in [6.45, 7) is 0. The summed E-state index contributed by atoms with van der Waals surface area (Å²) in [5.41, 5.74) is 1.28. The maximum absolute atomic E-state index is 12.3. The minimum atomic E-state index is -2.70. The lowest BCUT2D eigenvalue weighted by Gasteiger charge is -2.14. The molecule has 1 aliphatic carbocycles. The maximum atomic E-state index is 12.3. The van der Waals surface area contributed by atoms with Gasteiger partial charge in [-0.25, -0.2) is 8.78 Å². The van der Waals surface area contributed by atoms with Crippen molar-refractivity contribution in [2.24, 2.45) is 0 Å². The molecule has 3 heteroatoms. The Bertz CT molecular complexity index is 321. The van der Waals surface area contributed by atoms with Crippen molar-refractivity contribution < 1.29 is 13.9 Å². The Labute approximate surface area is 81.4 Å². The second-order valence-corrected chi connectivity index (χ2v) is 3.68. The highest BCUT2D eigenvalue weighted by Crippen LogP contribution is 2.43. The van der Waals surface area contributed by atoms with Crippen LogP contribution in [0.15, 0.2) is 24.3 Å². The van der Waals surface area contributed by atoms with Gasteiger partial charge in [0.1, 0.15) is 6.10 Å². The molecular weight excluding hydrogens is 186 g/mol. The molecule has 0 aromatic heterocycles. The Kier molecular flexibility index (Phi) is 2.50. The number of aliphatic hydroxyl groups excluding tert-OH is 1. The van der Waals surface area contributed by atoms with Gasteiger partial charge in [0, 0.05) is 0 Å². The summed E-state index contributed by atoms with van der Waals surface area (Å²) in [5.74, 6) is 0.389. The first-order valence-corrected chi connectivity index (χ1v) is 4.75. The van der Waals surface area contributed by atoms with Crippen molar-refractivity contribution in [3.8, 4) is 0 Å². The summed E-state index contributed by atoms with van der Waals surface area (Å²) < 4.78 is 24.7. The summed E-state index contributed by atoms with van der Waals surface area (Å²) in [7, 11) is 0. The zero-order chi connectivity index (χ0) is 10.1. The Balaban J connectivity index is 2.30. The van der Waals surface area contributed by atoms with Crippen molar-refractivity contribution in [3.63, 3.8) is 0 Å². The lowest BCUT2D eigenvalue weighted by atomic mass is 9.99. The molecule has 1 aromatic carbocycles. The summed E-state index contributed by atoms with van der Waals surface area (Å²) in [5, 5.41) is 9.31. The van der Waals surface area contributed by atoms with Gasteiger partial charge in [0.15, 0.2) is 0 Å². The van der Waals surface area contributed by atoms with E-state index in [2.05, 4.69) is 0 Å². The van der Waals surface area contributed by atoms with Crippen LogP contribution < -0.4 is 0 Å². The molecule has 1 aliphatic rings. The molecule has 0 heterocycles. The van der Waals surface area contributed by atoms with E-state index in [0.717, 1.165) is 18.4 Å². The van der Waals surface area contributed by atoms with Gasteiger partial charge >= 0.3 is 0 Å². The third-order valence-electron chi connectivity index (χ3n) is 2.57. The predicted molar refractivity (Wildman–Crippen MR) is 49.4 cm³/mol. The highest BCUT2D eigenvalue weighted by molar-refractivity contribution is 5.35. The SMILES string of the molecule is OC(c1ccccc1C1CC1)C(F)F. The summed E-state index contributed by atoms with van der Waals surface area (Å²) in [6.07, 6.45) is -2.23. The first-order valence-electron chi connectivity index (χ1n) is 4.75. The molecular formula is C11H12F2O. The molecule has 0 amide bonds. The quantitative estimate of drug-likeness (QED) is 0.791. The molecule has 1 N–H and O–H groups in total. The van der Waals surface area contributed by atoms with Gasteiger partial charge in [-0.15, -0.1) is 0 Å². The summed E-state index contributed by atoms with van der Waals surface area (Å²) in [4.78, 5) is 0. The van der Waals surface area contributed by atoms with Crippen molar-refractivity contribution in [1.29, 1.82) is 0 Å². The highest BCUT2D eigenvalue weighted by Gasteiger charge is 2.30. The normalized spacial score (nSPS) is 18.6. The molecule has 1 fully saturated rings. The van der Waals surface area contributed by atoms with E-state index in [9.17, 15) is 13.9 Å². The van der Waals surface area contributed by atoms with E-state index in [1.165, 1.54) is 0 Å². The minimum absolute atomic E-state index is 0.389. The van der Waals surface area contributed by atoms with Crippen LogP contribution in [0.4, 0.5) is 8.78 Å². The maximum Gasteiger partial charge on any atom is 0.268 e. The Morgan fingerprint density at radius 1 is 1.21 bits per heavy atom. The molecule has 0 spiro atoms. The molecule has 0 radical (unpaired) electrons. The van der Waals surface area contributed by atoms with Gasteiger partial charge in [0.2, 0.25) is 0 Å². The number of benzene rings is 1. The van der Waals surface area contributed by atoms with E-state index in [1.807, 2.05) is 12.1 Å². The van der Waals surface area contributed by atoms with Crippen molar-refractivity contribution >= 4 is 0 Å². The fraction of sp³-hybridized carbons (Fsp3) is 0.455. The van der Waals surface area contributed by atoms with Crippen LogP contribution in [-0.2, 0) is 0 Å². The van der Waals surface area contributed by atoms with E-state index in [1.54, 1.807) is 12.1 Å². The van der Waals surface area contributed by atoms with Gasteiger partial charge < -0.3 is 5.11 Å². The van der Waals surface area contributed by atoms with Crippen LogP contribution in [0, 0.1) is 0 Å². The summed E-state index contributed by atoms with van der Waals surface area (Å²) in [6, 6.07) is 6.94. The van der Waals surface area contributed by atoms with Crippen LogP contribution >= 0.6 is 0 Å². The van der Waals surface area contributed by atoms with Gasteiger partial charge in [-0.1, -0.05) is 24.3 Å². The summed E-state index contributed by atoms with van der Waals surface area (Å²) >= 11 is 0. The molecule has 0 saturated heterocycles. The second kappa shape index (κ2) is 3.65. The Morgan fingerprint density at radius 3 is 2.43 bits per heavy atom. The number of aliphatic hydroxyl groups is 1. The number of alkyl halides is 2. The molecule has 0 aliphatic heterocycles. The molecule has 14 heavy (non-hydrogen) atoms. The second-order valence-electron chi connectivity index (χ2n) is 3.68. The molecule has 1 unspecified atom stereocenters. The lowest BCUT2D eigenvalue weighted by molar-refractivity contribution is -0.00626. The minimum Gasteiger partial charge on any atom is -0.382 e. The number of halogens is 2. The highest BCUT2D eigenvalue weighted by atomic mass is 19.3. The van der Waals surface area contributed by atoms with E-state index in [4.69, 9.17) is 0 Å². The van der Waals surface area contributed by atoms with Crippen LogP contribution in [0.5, 0.6) is 0 Å². The largest absolute Gasteiger partial charge is 0.382 e. The average Bonchev–Trinajstić information content (AvgIpc) is 3.00. The number of hydrogen-bond acceptors (Lipinski definition) is 1. The zero-order valence-corrected chi connectivity index (χ0v) is 7.66. The standard InChI is InChI=1S/C11H12F2O/c12-11(13)10(14)9-4-2-1-3-8(9)7-5-6-7/h1-4,7,10-11,14H,5-6H2. The Hall–Kier alpha value is -0.960. The van der Waals surface area contributed by atoms with Gasteiger partial charge in [0.25, 0.3) is 6.43 Å². The van der Waals surface area contributed by atoms with Crippen LogP contribution in [0.25, 0.3) is 0 Å².